The molecule has 1 aromatic heterocycles. The van der Waals surface area contributed by atoms with Gasteiger partial charge in [-0.2, -0.15) is 5.10 Å². The molecule has 1 heterocycles. The van der Waals surface area contributed by atoms with Gasteiger partial charge in [-0.3, -0.25) is 9.59 Å². The smallest absolute Gasteiger partial charge is 0.225 e. The summed E-state index contributed by atoms with van der Waals surface area (Å²) in [5.74, 6) is -0.00871. The molecule has 2 aromatic rings. The van der Waals surface area contributed by atoms with Crippen LogP contribution in [0.2, 0.25) is 0 Å². The van der Waals surface area contributed by atoms with E-state index in [9.17, 15) is 9.59 Å². The number of carbonyl (C=O) groups excluding carboxylic acids is 2. The summed E-state index contributed by atoms with van der Waals surface area (Å²) in [6.45, 7) is 7.29. The molecule has 140 valence electrons. The van der Waals surface area contributed by atoms with E-state index in [4.69, 9.17) is 0 Å². The number of carbonyl (C=O) groups is 2. The average molecular weight is 357 g/mol. The van der Waals surface area contributed by atoms with E-state index < -0.39 is 5.41 Å². The van der Waals surface area contributed by atoms with Gasteiger partial charge in [0.15, 0.2) is 0 Å². The highest BCUT2D eigenvalue weighted by Crippen LogP contribution is 2.12. The summed E-state index contributed by atoms with van der Waals surface area (Å²) < 4.78 is 1.76. The molecular formula is C19H27N5O2. The number of nitrogens with zero attached hydrogens (tertiary/aromatic N) is 3. The molecule has 0 saturated carbocycles. The second-order valence-corrected chi connectivity index (χ2v) is 7.30. The van der Waals surface area contributed by atoms with Crippen LogP contribution < -0.4 is 10.6 Å². The predicted octanol–water partition coefficient (Wildman–Crippen LogP) is 1.89. The number of rotatable bonds is 8. The zero-order valence-electron chi connectivity index (χ0n) is 15.7. The molecule has 2 N–H and O–H groups in total. The first-order valence-corrected chi connectivity index (χ1v) is 8.80. The van der Waals surface area contributed by atoms with Gasteiger partial charge in [0.05, 0.1) is 6.54 Å². The Bertz CT molecular complexity index is 703. The van der Waals surface area contributed by atoms with Gasteiger partial charge in [-0.1, -0.05) is 45.0 Å². The lowest BCUT2D eigenvalue weighted by molar-refractivity contribution is -0.128. The predicted molar refractivity (Wildman–Crippen MR) is 99.1 cm³/mol. The summed E-state index contributed by atoms with van der Waals surface area (Å²) in [5, 5.41) is 9.82. The zero-order chi connectivity index (χ0) is 19.0. The molecule has 2 amide bonds. The van der Waals surface area contributed by atoms with Crippen LogP contribution in [0, 0.1) is 5.41 Å². The minimum Gasteiger partial charge on any atom is -0.356 e. The maximum absolute atomic E-state index is 11.9. The van der Waals surface area contributed by atoms with Crippen LogP contribution in [0.15, 0.2) is 36.9 Å². The van der Waals surface area contributed by atoms with Crippen molar-refractivity contribution in [1.82, 2.24) is 25.4 Å². The highest BCUT2D eigenvalue weighted by molar-refractivity contribution is 5.81. The van der Waals surface area contributed by atoms with Crippen LogP contribution in [0.4, 0.5) is 0 Å². The molecule has 0 aliphatic heterocycles. The van der Waals surface area contributed by atoms with Crippen LogP contribution >= 0.6 is 0 Å². The molecule has 0 atom stereocenters. The molecule has 0 saturated heterocycles. The van der Waals surface area contributed by atoms with Crippen LogP contribution in [0.5, 0.6) is 0 Å². The zero-order valence-corrected chi connectivity index (χ0v) is 15.7. The van der Waals surface area contributed by atoms with Crippen molar-refractivity contribution in [2.24, 2.45) is 5.41 Å². The lowest BCUT2D eigenvalue weighted by Crippen LogP contribution is -2.35. The number of amides is 2. The van der Waals surface area contributed by atoms with Crippen molar-refractivity contribution in [1.29, 1.82) is 0 Å². The topological polar surface area (TPSA) is 88.9 Å². The monoisotopic (exact) mass is 357 g/mol. The first kappa shape index (κ1) is 19.6. The third-order valence-corrected chi connectivity index (χ3v) is 3.87. The summed E-state index contributed by atoms with van der Waals surface area (Å²) in [4.78, 5) is 27.5. The van der Waals surface area contributed by atoms with E-state index in [0.29, 0.717) is 32.5 Å². The van der Waals surface area contributed by atoms with Crippen molar-refractivity contribution in [3.8, 4) is 0 Å². The van der Waals surface area contributed by atoms with Crippen molar-refractivity contribution in [2.45, 2.75) is 46.7 Å². The van der Waals surface area contributed by atoms with Gasteiger partial charge >= 0.3 is 0 Å². The Hall–Kier alpha value is -2.70. The Morgan fingerprint density at radius 3 is 2.38 bits per heavy atom. The van der Waals surface area contributed by atoms with E-state index in [2.05, 4.69) is 20.7 Å². The Labute approximate surface area is 154 Å². The number of benzene rings is 1. The molecule has 26 heavy (non-hydrogen) atoms. The fraction of sp³-hybridized carbons (Fsp3) is 0.474. The van der Waals surface area contributed by atoms with Gasteiger partial charge in [0.2, 0.25) is 11.8 Å². The molecule has 7 nitrogen and oxygen atoms in total. The standard InChI is InChI=1S/C19H27N5O2/c1-19(2,3)18(26)21-10-4-5-17(25)22-11-15-6-8-16(9-7-15)12-24-14-20-13-23-24/h6-9,13-14H,4-5,10-12H2,1-3H3,(H,21,26)(H,22,25). The summed E-state index contributed by atoms with van der Waals surface area (Å²) in [7, 11) is 0. The normalized spacial score (nSPS) is 11.2. The molecular weight excluding hydrogens is 330 g/mol. The van der Waals surface area contributed by atoms with Gasteiger partial charge in [0.1, 0.15) is 12.7 Å². The summed E-state index contributed by atoms with van der Waals surface area (Å²) in [6.07, 6.45) is 4.22. The molecule has 2 rings (SSSR count). The Morgan fingerprint density at radius 2 is 1.77 bits per heavy atom. The van der Waals surface area contributed by atoms with Crippen LogP contribution in [-0.2, 0) is 22.7 Å². The largest absolute Gasteiger partial charge is 0.356 e. The van der Waals surface area contributed by atoms with Crippen molar-refractivity contribution in [3.05, 3.63) is 48.0 Å². The highest BCUT2D eigenvalue weighted by atomic mass is 16.2. The molecule has 0 bridgehead atoms. The average Bonchev–Trinajstić information content (AvgIpc) is 3.10. The third kappa shape index (κ3) is 6.66. The van der Waals surface area contributed by atoms with E-state index in [1.54, 1.807) is 11.0 Å². The molecule has 0 aliphatic rings. The summed E-state index contributed by atoms with van der Waals surface area (Å²) in [5.41, 5.74) is 1.77. The van der Waals surface area contributed by atoms with E-state index in [1.165, 1.54) is 6.33 Å². The van der Waals surface area contributed by atoms with E-state index in [1.807, 2.05) is 45.0 Å². The van der Waals surface area contributed by atoms with Crippen LogP contribution in [-0.4, -0.2) is 33.1 Å². The van der Waals surface area contributed by atoms with Gasteiger partial charge in [0.25, 0.3) is 0 Å². The SMILES string of the molecule is CC(C)(C)C(=O)NCCCC(=O)NCc1ccc(Cn2cncn2)cc1. The molecule has 0 aliphatic carbocycles. The third-order valence-electron chi connectivity index (χ3n) is 3.87. The van der Waals surface area contributed by atoms with Gasteiger partial charge < -0.3 is 10.6 Å². The van der Waals surface area contributed by atoms with E-state index in [0.717, 1.165) is 11.1 Å². The maximum Gasteiger partial charge on any atom is 0.225 e. The van der Waals surface area contributed by atoms with Crippen molar-refractivity contribution < 1.29 is 9.59 Å². The first-order chi connectivity index (χ1) is 12.3. The summed E-state index contributed by atoms with van der Waals surface area (Å²) >= 11 is 0. The maximum atomic E-state index is 11.9. The van der Waals surface area contributed by atoms with Gasteiger partial charge in [-0.05, 0) is 17.5 Å². The molecule has 1 aromatic carbocycles. The first-order valence-electron chi connectivity index (χ1n) is 8.80. The number of nitrogens with one attached hydrogen (secondary N) is 2. The number of hydrogen-bond acceptors (Lipinski definition) is 4. The fourth-order valence-corrected chi connectivity index (χ4v) is 2.27. The number of hydrogen-bond donors (Lipinski definition) is 2. The fourth-order valence-electron chi connectivity index (χ4n) is 2.27. The minimum atomic E-state index is -0.400. The van der Waals surface area contributed by atoms with Crippen molar-refractivity contribution in [3.63, 3.8) is 0 Å². The summed E-state index contributed by atoms with van der Waals surface area (Å²) in [6, 6.07) is 8.03. The number of aromatic nitrogens is 3. The highest BCUT2D eigenvalue weighted by Gasteiger charge is 2.20. The van der Waals surface area contributed by atoms with Crippen LogP contribution in [0.25, 0.3) is 0 Å². The molecule has 0 radical (unpaired) electrons. The Morgan fingerprint density at radius 1 is 1.08 bits per heavy atom. The van der Waals surface area contributed by atoms with E-state index >= 15 is 0 Å². The van der Waals surface area contributed by atoms with Crippen LogP contribution in [0.1, 0.15) is 44.7 Å². The Kier molecular flexibility index (Phi) is 6.89. The molecule has 7 heteroatoms. The van der Waals surface area contributed by atoms with Gasteiger partial charge in [0, 0.05) is 24.9 Å². The lowest BCUT2D eigenvalue weighted by atomic mass is 9.96. The van der Waals surface area contributed by atoms with Gasteiger partial charge in [-0.15, -0.1) is 0 Å². The second kappa shape index (κ2) is 9.12. The molecule has 0 spiro atoms. The molecule has 0 fully saturated rings. The van der Waals surface area contributed by atoms with Crippen LogP contribution in [0.3, 0.4) is 0 Å². The van der Waals surface area contributed by atoms with Crippen molar-refractivity contribution >= 4 is 11.8 Å². The second-order valence-electron chi connectivity index (χ2n) is 7.30. The molecule has 0 unspecified atom stereocenters. The minimum absolute atomic E-state index is 0.00360. The Balaban J connectivity index is 1.65. The quantitative estimate of drug-likeness (QED) is 0.706. The van der Waals surface area contributed by atoms with Crippen molar-refractivity contribution in [2.75, 3.05) is 6.54 Å². The van der Waals surface area contributed by atoms with E-state index in [-0.39, 0.29) is 11.8 Å². The lowest BCUT2D eigenvalue weighted by Gasteiger charge is -2.17. The van der Waals surface area contributed by atoms with Gasteiger partial charge in [-0.25, -0.2) is 9.67 Å².